The molecule has 1 aliphatic heterocycles. The second-order valence-corrected chi connectivity index (χ2v) is 6.73. The summed E-state index contributed by atoms with van der Waals surface area (Å²) >= 11 is 0. The first-order valence-electron chi connectivity index (χ1n) is 9.72. The maximum absolute atomic E-state index is 14.0. The summed E-state index contributed by atoms with van der Waals surface area (Å²) in [4.78, 5) is 6.56. The minimum absolute atomic E-state index is 0. The lowest BCUT2D eigenvalue weighted by atomic mass is 10.2. The van der Waals surface area contributed by atoms with Crippen molar-refractivity contribution in [3.63, 3.8) is 0 Å². The average molecular weight is 519 g/mol. The van der Waals surface area contributed by atoms with Crippen molar-refractivity contribution in [3.8, 4) is 0 Å². The van der Waals surface area contributed by atoms with Crippen LogP contribution in [0, 0.1) is 11.6 Å². The zero-order valence-corrected chi connectivity index (χ0v) is 19.1. The summed E-state index contributed by atoms with van der Waals surface area (Å²) in [6.45, 7) is 7.47. The Bertz CT molecular complexity index is 812. The number of hydrogen-bond donors (Lipinski definition) is 2. The molecule has 0 radical (unpaired) electrons. The minimum atomic E-state index is -0.559. The van der Waals surface area contributed by atoms with Gasteiger partial charge in [0.05, 0.1) is 12.2 Å². The molecular weight excluding hydrogens is 491 g/mol. The molecule has 2 aromatic rings. The van der Waals surface area contributed by atoms with Crippen LogP contribution in [0.5, 0.6) is 0 Å². The molecule has 10 heteroatoms. The summed E-state index contributed by atoms with van der Waals surface area (Å²) in [5.74, 6) is 0.596. The SMILES string of the molecule is CCNC(=NCCn1cnnc1CC)NC1CCN(c2ccc(F)cc2F)C1.I. The quantitative estimate of drug-likeness (QED) is 0.335. The normalized spacial score (nSPS) is 16.6. The largest absolute Gasteiger partial charge is 0.367 e. The van der Waals surface area contributed by atoms with Crippen LogP contribution in [-0.4, -0.2) is 52.9 Å². The fourth-order valence-electron chi connectivity index (χ4n) is 3.36. The first-order valence-corrected chi connectivity index (χ1v) is 9.72. The lowest BCUT2D eigenvalue weighted by Crippen LogP contribution is -2.44. The fraction of sp³-hybridized carbons (Fsp3) is 0.526. The standard InChI is InChI=1S/C19H27F2N7.HI/c1-3-18-26-24-13-28(18)10-8-23-19(22-4-2)25-15-7-9-27(12-15)17-6-5-14(20)11-16(17)21;/h5-6,11,13,15H,3-4,7-10,12H2,1-2H3,(H2,22,23,25);1H. The minimum Gasteiger partial charge on any atom is -0.367 e. The highest BCUT2D eigenvalue weighted by Gasteiger charge is 2.25. The Kier molecular flexibility index (Phi) is 9.05. The van der Waals surface area contributed by atoms with Gasteiger partial charge in [0.25, 0.3) is 0 Å². The van der Waals surface area contributed by atoms with Crippen LogP contribution in [0.4, 0.5) is 14.5 Å². The number of hydrogen-bond acceptors (Lipinski definition) is 4. The van der Waals surface area contributed by atoms with Gasteiger partial charge in [0, 0.05) is 44.7 Å². The molecule has 160 valence electrons. The van der Waals surface area contributed by atoms with Crippen molar-refractivity contribution in [3.05, 3.63) is 42.0 Å². The van der Waals surface area contributed by atoms with Gasteiger partial charge in [-0.3, -0.25) is 4.99 Å². The highest BCUT2D eigenvalue weighted by Crippen LogP contribution is 2.24. The van der Waals surface area contributed by atoms with Crippen LogP contribution in [0.2, 0.25) is 0 Å². The van der Waals surface area contributed by atoms with Gasteiger partial charge >= 0.3 is 0 Å². The first kappa shape index (κ1) is 23.3. The predicted octanol–water partition coefficient (Wildman–Crippen LogP) is 2.57. The van der Waals surface area contributed by atoms with Crippen molar-refractivity contribution in [1.29, 1.82) is 0 Å². The van der Waals surface area contributed by atoms with Crippen LogP contribution < -0.4 is 15.5 Å². The number of aryl methyl sites for hydroxylation is 1. The number of anilines is 1. The van der Waals surface area contributed by atoms with Crippen molar-refractivity contribution in [2.24, 2.45) is 4.99 Å². The van der Waals surface area contributed by atoms with E-state index in [4.69, 9.17) is 0 Å². The predicted molar refractivity (Wildman–Crippen MR) is 121 cm³/mol. The number of halogens is 3. The number of nitrogens with one attached hydrogen (secondary N) is 2. The molecule has 0 spiro atoms. The number of rotatable bonds is 7. The van der Waals surface area contributed by atoms with Crippen LogP contribution in [0.3, 0.4) is 0 Å². The van der Waals surface area contributed by atoms with Crippen molar-refractivity contribution >= 4 is 35.6 Å². The molecule has 0 amide bonds. The van der Waals surface area contributed by atoms with Crippen molar-refractivity contribution in [2.75, 3.05) is 31.1 Å². The molecule has 1 fully saturated rings. The third kappa shape index (κ3) is 6.25. The van der Waals surface area contributed by atoms with E-state index >= 15 is 0 Å². The van der Waals surface area contributed by atoms with Gasteiger partial charge in [0.15, 0.2) is 5.96 Å². The lowest BCUT2D eigenvalue weighted by molar-refractivity contribution is 0.580. The molecule has 2 heterocycles. The third-order valence-electron chi connectivity index (χ3n) is 4.75. The maximum Gasteiger partial charge on any atom is 0.191 e. The average Bonchev–Trinajstić information content (AvgIpc) is 3.31. The topological polar surface area (TPSA) is 70.4 Å². The molecule has 1 atom stereocenters. The Labute approximate surface area is 187 Å². The Balaban J connectivity index is 0.00000300. The first-order chi connectivity index (χ1) is 13.6. The summed E-state index contributed by atoms with van der Waals surface area (Å²) in [5.41, 5.74) is 0.437. The van der Waals surface area contributed by atoms with E-state index < -0.39 is 11.6 Å². The molecule has 29 heavy (non-hydrogen) atoms. The van der Waals surface area contributed by atoms with Gasteiger partial charge in [-0.25, -0.2) is 8.78 Å². The van der Waals surface area contributed by atoms with E-state index in [0.29, 0.717) is 31.9 Å². The zero-order valence-electron chi connectivity index (χ0n) is 16.7. The molecule has 0 aliphatic carbocycles. The van der Waals surface area contributed by atoms with Crippen LogP contribution >= 0.6 is 24.0 Å². The number of guanidine groups is 1. The molecule has 0 bridgehead atoms. The highest BCUT2D eigenvalue weighted by atomic mass is 127. The number of aromatic nitrogens is 3. The molecular formula is C19H28F2IN7. The number of nitrogens with zero attached hydrogens (tertiary/aromatic N) is 5. The van der Waals surface area contributed by atoms with Gasteiger partial charge in [0.1, 0.15) is 23.8 Å². The third-order valence-corrected chi connectivity index (χ3v) is 4.75. The van der Waals surface area contributed by atoms with E-state index in [2.05, 4.69) is 25.8 Å². The zero-order chi connectivity index (χ0) is 19.9. The van der Waals surface area contributed by atoms with Gasteiger partial charge in [-0.05, 0) is 25.5 Å². The Morgan fingerprint density at radius 2 is 2.14 bits per heavy atom. The summed E-state index contributed by atoms with van der Waals surface area (Å²) in [6.07, 6.45) is 3.41. The van der Waals surface area contributed by atoms with E-state index in [1.165, 1.54) is 12.1 Å². The van der Waals surface area contributed by atoms with Gasteiger partial charge in [-0.1, -0.05) is 6.92 Å². The smallest absolute Gasteiger partial charge is 0.191 e. The van der Waals surface area contributed by atoms with E-state index in [-0.39, 0.29) is 30.0 Å². The van der Waals surface area contributed by atoms with Gasteiger partial charge < -0.3 is 20.1 Å². The van der Waals surface area contributed by atoms with E-state index in [0.717, 1.165) is 37.2 Å². The maximum atomic E-state index is 14.0. The van der Waals surface area contributed by atoms with Gasteiger partial charge in [-0.2, -0.15) is 0 Å². The lowest BCUT2D eigenvalue weighted by Gasteiger charge is -2.21. The molecule has 1 aromatic heterocycles. The van der Waals surface area contributed by atoms with Crippen LogP contribution in [0.25, 0.3) is 0 Å². The molecule has 1 aromatic carbocycles. The van der Waals surface area contributed by atoms with E-state index in [1.807, 2.05) is 23.3 Å². The number of aliphatic imine (C=N–C) groups is 1. The molecule has 7 nitrogen and oxygen atoms in total. The van der Waals surface area contributed by atoms with Crippen LogP contribution in [-0.2, 0) is 13.0 Å². The summed E-state index contributed by atoms with van der Waals surface area (Å²) < 4.78 is 29.2. The Hall–Kier alpha value is -1.98. The van der Waals surface area contributed by atoms with Crippen molar-refractivity contribution in [1.82, 2.24) is 25.4 Å². The van der Waals surface area contributed by atoms with Crippen LogP contribution in [0.1, 0.15) is 26.1 Å². The van der Waals surface area contributed by atoms with Gasteiger partial charge in [0.2, 0.25) is 0 Å². The summed E-state index contributed by atoms with van der Waals surface area (Å²) in [5, 5.41) is 14.7. The molecule has 1 saturated heterocycles. The Morgan fingerprint density at radius 3 is 2.86 bits per heavy atom. The highest BCUT2D eigenvalue weighted by molar-refractivity contribution is 14.0. The summed E-state index contributed by atoms with van der Waals surface area (Å²) in [6, 6.07) is 3.86. The molecule has 3 rings (SSSR count). The van der Waals surface area contributed by atoms with Gasteiger partial charge in [-0.15, -0.1) is 34.2 Å². The van der Waals surface area contributed by atoms with Crippen LogP contribution in [0.15, 0.2) is 29.5 Å². The second kappa shape index (κ2) is 11.3. The van der Waals surface area contributed by atoms with E-state index in [1.54, 1.807) is 6.33 Å². The van der Waals surface area contributed by atoms with E-state index in [9.17, 15) is 8.78 Å². The monoisotopic (exact) mass is 519 g/mol. The second-order valence-electron chi connectivity index (χ2n) is 6.73. The Morgan fingerprint density at radius 1 is 1.31 bits per heavy atom. The molecule has 2 N–H and O–H groups in total. The summed E-state index contributed by atoms with van der Waals surface area (Å²) in [7, 11) is 0. The molecule has 1 unspecified atom stereocenters. The molecule has 1 aliphatic rings. The molecule has 0 saturated carbocycles. The van der Waals surface area contributed by atoms with Crippen molar-refractivity contribution < 1.29 is 8.78 Å². The van der Waals surface area contributed by atoms with Crippen molar-refractivity contribution in [2.45, 2.75) is 39.3 Å². The number of benzene rings is 1. The fourth-order valence-corrected chi connectivity index (χ4v) is 3.36.